The first-order chi connectivity index (χ1) is 6.06. The van der Waals surface area contributed by atoms with Crippen molar-refractivity contribution in [2.45, 2.75) is 59.3 Å². The molecule has 0 spiro atoms. The lowest BCUT2D eigenvalue weighted by atomic mass is 9.81. The zero-order valence-corrected chi connectivity index (χ0v) is 9.23. The number of carbonyl (C=O) groups excluding carboxylic acids is 1. The molecule has 0 fully saturated rings. The molecule has 2 heteroatoms. The number of rotatable bonds is 7. The maximum atomic E-state index is 11.1. The highest BCUT2D eigenvalue weighted by molar-refractivity contribution is 5.80. The van der Waals surface area contributed by atoms with Gasteiger partial charge in [-0.1, -0.05) is 46.5 Å². The highest BCUT2D eigenvalue weighted by atomic mass is 16.1. The molecule has 0 rings (SSSR count). The fourth-order valence-electron chi connectivity index (χ4n) is 1.42. The molecule has 2 N–H and O–H groups in total. The molecule has 0 saturated carbocycles. The summed E-state index contributed by atoms with van der Waals surface area (Å²) in [6, 6.07) is 0. The van der Waals surface area contributed by atoms with E-state index in [9.17, 15) is 4.79 Å². The van der Waals surface area contributed by atoms with Crippen LogP contribution in [0.25, 0.3) is 0 Å². The first-order valence-corrected chi connectivity index (χ1v) is 5.36. The van der Waals surface area contributed by atoms with E-state index < -0.39 is 0 Å². The molecule has 0 aromatic heterocycles. The van der Waals surface area contributed by atoms with E-state index in [1.165, 1.54) is 19.3 Å². The quantitative estimate of drug-likeness (QED) is 0.609. The molecule has 0 aromatic carbocycles. The highest BCUT2D eigenvalue weighted by Gasteiger charge is 2.27. The number of carbonyl (C=O) groups is 1. The van der Waals surface area contributed by atoms with Gasteiger partial charge >= 0.3 is 0 Å². The molecule has 0 aromatic rings. The van der Waals surface area contributed by atoms with Gasteiger partial charge in [-0.15, -0.1) is 0 Å². The van der Waals surface area contributed by atoms with Crippen LogP contribution in [0.3, 0.4) is 0 Å². The van der Waals surface area contributed by atoms with Gasteiger partial charge in [0.2, 0.25) is 5.91 Å². The summed E-state index contributed by atoms with van der Waals surface area (Å²) in [5, 5.41) is 0. The number of unbranched alkanes of at least 4 members (excludes halogenated alkanes) is 3. The van der Waals surface area contributed by atoms with E-state index >= 15 is 0 Å². The summed E-state index contributed by atoms with van der Waals surface area (Å²) in [6.45, 7) is 6.19. The fraction of sp³-hybridized carbons (Fsp3) is 0.909. The highest BCUT2D eigenvalue weighted by Crippen LogP contribution is 2.27. The van der Waals surface area contributed by atoms with Crippen molar-refractivity contribution < 1.29 is 4.79 Å². The first-order valence-electron chi connectivity index (χ1n) is 5.36. The molecule has 0 bridgehead atoms. The standard InChI is InChI=1S/C11H23NO/c1-4-6-7-8-9-11(3,5-2)10(12)13/h4-9H2,1-3H3,(H2,12,13). The van der Waals surface area contributed by atoms with Gasteiger partial charge in [0.15, 0.2) is 0 Å². The van der Waals surface area contributed by atoms with Gasteiger partial charge in [0.05, 0.1) is 0 Å². The van der Waals surface area contributed by atoms with Crippen molar-refractivity contribution in [3.63, 3.8) is 0 Å². The summed E-state index contributed by atoms with van der Waals surface area (Å²) in [5.41, 5.74) is 5.09. The van der Waals surface area contributed by atoms with E-state index in [0.717, 1.165) is 19.3 Å². The van der Waals surface area contributed by atoms with Gasteiger partial charge in [-0.2, -0.15) is 0 Å². The third kappa shape index (κ3) is 4.30. The maximum Gasteiger partial charge on any atom is 0.223 e. The largest absolute Gasteiger partial charge is 0.369 e. The SMILES string of the molecule is CCCCCCC(C)(CC)C(N)=O. The molecular weight excluding hydrogens is 162 g/mol. The van der Waals surface area contributed by atoms with Crippen LogP contribution >= 0.6 is 0 Å². The second-order valence-electron chi connectivity index (χ2n) is 4.09. The van der Waals surface area contributed by atoms with Crippen LogP contribution in [0.5, 0.6) is 0 Å². The topological polar surface area (TPSA) is 43.1 Å². The smallest absolute Gasteiger partial charge is 0.223 e. The van der Waals surface area contributed by atoms with E-state index in [0.29, 0.717) is 0 Å². The summed E-state index contributed by atoms with van der Waals surface area (Å²) in [7, 11) is 0. The maximum absolute atomic E-state index is 11.1. The van der Waals surface area contributed by atoms with Crippen molar-refractivity contribution in [2.24, 2.45) is 11.1 Å². The zero-order valence-electron chi connectivity index (χ0n) is 9.23. The predicted octanol–water partition coefficient (Wildman–Crippen LogP) is 2.86. The molecule has 1 atom stereocenters. The van der Waals surface area contributed by atoms with Gasteiger partial charge in [0, 0.05) is 5.41 Å². The van der Waals surface area contributed by atoms with Crippen LogP contribution in [0.15, 0.2) is 0 Å². The van der Waals surface area contributed by atoms with E-state index in [-0.39, 0.29) is 11.3 Å². The van der Waals surface area contributed by atoms with Crippen molar-refractivity contribution in [1.82, 2.24) is 0 Å². The van der Waals surface area contributed by atoms with Crippen LogP contribution in [0.2, 0.25) is 0 Å². The van der Waals surface area contributed by atoms with Crippen LogP contribution in [0.4, 0.5) is 0 Å². The average molecular weight is 185 g/mol. The van der Waals surface area contributed by atoms with Crippen LogP contribution in [0.1, 0.15) is 59.3 Å². The van der Waals surface area contributed by atoms with Gasteiger partial charge in [0.25, 0.3) is 0 Å². The van der Waals surface area contributed by atoms with E-state index in [4.69, 9.17) is 5.73 Å². The lowest BCUT2D eigenvalue weighted by Gasteiger charge is -2.23. The lowest BCUT2D eigenvalue weighted by Crippen LogP contribution is -2.33. The summed E-state index contributed by atoms with van der Waals surface area (Å²) in [4.78, 5) is 11.1. The number of hydrogen-bond donors (Lipinski definition) is 1. The Hall–Kier alpha value is -0.530. The Balaban J connectivity index is 3.78. The molecule has 2 nitrogen and oxygen atoms in total. The van der Waals surface area contributed by atoms with Crippen LogP contribution in [-0.2, 0) is 4.79 Å². The molecule has 1 amide bonds. The van der Waals surface area contributed by atoms with Crippen LogP contribution in [0, 0.1) is 5.41 Å². The molecule has 13 heavy (non-hydrogen) atoms. The average Bonchev–Trinajstić information content (AvgIpc) is 2.12. The number of hydrogen-bond acceptors (Lipinski definition) is 1. The molecule has 0 aliphatic rings. The summed E-state index contributed by atoms with van der Waals surface area (Å²) < 4.78 is 0. The molecule has 0 heterocycles. The Morgan fingerprint density at radius 3 is 2.23 bits per heavy atom. The predicted molar refractivity (Wildman–Crippen MR) is 56.4 cm³/mol. The molecular formula is C11H23NO. The third-order valence-electron chi connectivity index (χ3n) is 2.96. The number of nitrogens with two attached hydrogens (primary N) is 1. The van der Waals surface area contributed by atoms with Crippen LogP contribution in [-0.4, -0.2) is 5.91 Å². The molecule has 0 aliphatic carbocycles. The van der Waals surface area contributed by atoms with Crippen molar-refractivity contribution >= 4 is 5.91 Å². The van der Waals surface area contributed by atoms with E-state index in [1.54, 1.807) is 0 Å². The number of amides is 1. The minimum absolute atomic E-state index is 0.147. The minimum atomic E-state index is -0.270. The monoisotopic (exact) mass is 185 g/mol. The Labute approximate surface area is 81.9 Å². The second-order valence-corrected chi connectivity index (χ2v) is 4.09. The van der Waals surface area contributed by atoms with Gasteiger partial charge in [-0.05, 0) is 12.8 Å². The Kier molecular flexibility index (Phi) is 5.76. The zero-order chi connectivity index (χ0) is 10.3. The van der Waals surface area contributed by atoms with Gasteiger partial charge in [-0.25, -0.2) is 0 Å². The van der Waals surface area contributed by atoms with Crippen LogP contribution < -0.4 is 5.73 Å². The van der Waals surface area contributed by atoms with Gasteiger partial charge < -0.3 is 5.73 Å². The molecule has 1 unspecified atom stereocenters. The third-order valence-corrected chi connectivity index (χ3v) is 2.96. The summed E-state index contributed by atoms with van der Waals surface area (Å²) in [6.07, 6.45) is 6.64. The Morgan fingerprint density at radius 1 is 1.23 bits per heavy atom. The summed E-state index contributed by atoms with van der Waals surface area (Å²) >= 11 is 0. The molecule has 78 valence electrons. The lowest BCUT2D eigenvalue weighted by molar-refractivity contribution is -0.127. The minimum Gasteiger partial charge on any atom is -0.369 e. The molecule has 0 aliphatic heterocycles. The van der Waals surface area contributed by atoms with E-state index in [2.05, 4.69) is 6.92 Å². The molecule has 0 saturated heterocycles. The Bertz CT molecular complexity index is 156. The van der Waals surface area contributed by atoms with Crippen molar-refractivity contribution in [1.29, 1.82) is 0 Å². The fourth-order valence-corrected chi connectivity index (χ4v) is 1.42. The van der Waals surface area contributed by atoms with Crippen molar-refractivity contribution in [3.8, 4) is 0 Å². The number of primary amides is 1. The Morgan fingerprint density at radius 2 is 1.85 bits per heavy atom. The van der Waals surface area contributed by atoms with Gasteiger partial charge in [0.1, 0.15) is 0 Å². The van der Waals surface area contributed by atoms with E-state index in [1.807, 2.05) is 13.8 Å². The second kappa shape index (κ2) is 6.01. The normalized spacial score (nSPS) is 15.3. The van der Waals surface area contributed by atoms with Gasteiger partial charge in [-0.3, -0.25) is 4.79 Å². The van der Waals surface area contributed by atoms with Crippen molar-refractivity contribution in [3.05, 3.63) is 0 Å². The molecule has 0 radical (unpaired) electrons. The van der Waals surface area contributed by atoms with Crippen molar-refractivity contribution in [2.75, 3.05) is 0 Å². The summed E-state index contributed by atoms with van der Waals surface area (Å²) in [5.74, 6) is -0.147. The first kappa shape index (κ1) is 12.5.